The second-order valence-electron chi connectivity index (χ2n) is 9.00. The Morgan fingerprint density at radius 2 is 2.00 bits per heavy atom. The number of methoxy groups -OCH3 is 1. The first-order valence-corrected chi connectivity index (χ1v) is 13.3. The number of piperidine rings is 1. The zero-order chi connectivity index (χ0) is 25.3. The average Bonchev–Trinajstić information content (AvgIpc) is 3.33. The van der Waals surface area contributed by atoms with Crippen LogP contribution in [0.15, 0.2) is 59.3 Å². The zero-order valence-electron chi connectivity index (χ0n) is 19.7. The summed E-state index contributed by atoms with van der Waals surface area (Å²) >= 11 is 5.89. The summed E-state index contributed by atoms with van der Waals surface area (Å²) in [6.45, 7) is 1.49. The molecule has 3 aromatic rings. The summed E-state index contributed by atoms with van der Waals surface area (Å²) in [5.74, 6) is -0.651. The van der Waals surface area contributed by atoms with Gasteiger partial charge in [-0.15, -0.1) is 0 Å². The van der Waals surface area contributed by atoms with Crippen LogP contribution in [0.3, 0.4) is 0 Å². The second-order valence-corrected chi connectivity index (χ2v) is 11.3. The minimum absolute atomic E-state index is 0.0768. The minimum Gasteiger partial charge on any atom is -0.382 e. The molecule has 3 heterocycles. The number of hydrogen-bond donors (Lipinski definition) is 1. The Morgan fingerprint density at radius 3 is 2.72 bits per heavy atom. The van der Waals surface area contributed by atoms with Crippen LogP contribution in [0.2, 0.25) is 5.15 Å². The van der Waals surface area contributed by atoms with Gasteiger partial charge >= 0.3 is 0 Å². The Balaban J connectivity index is 1.61. The maximum absolute atomic E-state index is 13.9. The molecule has 5 rings (SSSR count). The van der Waals surface area contributed by atoms with Crippen molar-refractivity contribution in [2.75, 3.05) is 40.0 Å². The van der Waals surface area contributed by atoms with Gasteiger partial charge in [0, 0.05) is 43.3 Å². The van der Waals surface area contributed by atoms with Crippen LogP contribution in [0.5, 0.6) is 0 Å². The van der Waals surface area contributed by atoms with Crippen LogP contribution >= 0.6 is 11.6 Å². The Hall–Kier alpha value is -2.63. The van der Waals surface area contributed by atoms with E-state index in [2.05, 4.69) is 21.3 Å². The van der Waals surface area contributed by atoms with Gasteiger partial charge in [0.05, 0.1) is 31.7 Å². The Labute approximate surface area is 214 Å². The summed E-state index contributed by atoms with van der Waals surface area (Å²) < 4.78 is 53.9. The van der Waals surface area contributed by atoms with Gasteiger partial charge in [-0.25, -0.2) is 17.8 Å². The van der Waals surface area contributed by atoms with Crippen molar-refractivity contribution in [3.63, 3.8) is 0 Å². The van der Waals surface area contributed by atoms with Crippen molar-refractivity contribution in [2.45, 2.75) is 17.2 Å². The molecule has 1 aromatic carbocycles. The third-order valence-corrected chi connectivity index (χ3v) is 9.00. The van der Waals surface area contributed by atoms with E-state index in [1.165, 1.54) is 34.8 Å². The summed E-state index contributed by atoms with van der Waals surface area (Å²) in [6.07, 6.45) is 5.58. The third-order valence-electron chi connectivity index (χ3n) is 6.94. The van der Waals surface area contributed by atoms with E-state index in [0.29, 0.717) is 26.2 Å². The van der Waals surface area contributed by atoms with Crippen molar-refractivity contribution < 1.29 is 22.3 Å². The molecular weight excluding hydrogens is 507 g/mol. The molecule has 2 aliphatic rings. The number of nitrogens with zero attached hydrogens (tertiary/aromatic N) is 3. The highest BCUT2D eigenvalue weighted by molar-refractivity contribution is 7.89. The molecule has 1 aliphatic carbocycles. The monoisotopic (exact) mass is 532 g/mol. The first-order chi connectivity index (χ1) is 17.3. The highest BCUT2D eigenvalue weighted by Crippen LogP contribution is 2.54. The molecule has 0 amide bonds. The van der Waals surface area contributed by atoms with Gasteiger partial charge in [-0.3, -0.25) is 5.10 Å². The fourth-order valence-corrected chi connectivity index (χ4v) is 6.81. The van der Waals surface area contributed by atoms with Crippen molar-refractivity contribution in [2.24, 2.45) is 5.41 Å². The van der Waals surface area contributed by atoms with E-state index in [1.807, 2.05) is 0 Å². The minimum atomic E-state index is -3.86. The quantitative estimate of drug-likeness (QED) is 0.349. The molecule has 0 bridgehead atoms. The van der Waals surface area contributed by atoms with Crippen molar-refractivity contribution in [3.8, 4) is 0 Å². The van der Waals surface area contributed by atoms with Crippen molar-refractivity contribution >= 4 is 27.7 Å². The molecule has 2 atom stereocenters. The second kappa shape index (κ2) is 10.0. The van der Waals surface area contributed by atoms with Gasteiger partial charge in [0.25, 0.3) is 0 Å². The number of pyridine rings is 1. The average molecular weight is 533 g/mol. The molecule has 190 valence electrons. The molecule has 0 saturated carbocycles. The molecule has 0 spiro atoms. The topological polar surface area (TPSA) is 97.4 Å². The van der Waals surface area contributed by atoms with Gasteiger partial charge in [0.1, 0.15) is 15.9 Å². The van der Waals surface area contributed by atoms with Gasteiger partial charge in [0.2, 0.25) is 10.0 Å². The predicted octanol–water partition coefficient (Wildman–Crippen LogP) is 3.87. The lowest BCUT2D eigenvalue weighted by molar-refractivity contribution is 0.00805. The lowest BCUT2D eigenvalue weighted by Crippen LogP contribution is -2.53. The number of aromatic nitrogens is 3. The fraction of sp³-hybridized carbons (Fsp3) is 0.360. The van der Waals surface area contributed by atoms with Crippen LogP contribution in [-0.2, 0) is 19.5 Å². The van der Waals surface area contributed by atoms with Gasteiger partial charge in [-0.2, -0.15) is 9.40 Å². The van der Waals surface area contributed by atoms with E-state index in [0.717, 1.165) is 22.4 Å². The van der Waals surface area contributed by atoms with Gasteiger partial charge in [0.15, 0.2) is 0 Å². The molecule has 1 aliphatic heterocycles. The number of H-pyrrole nitrogens is 1. The maximum atomic E-state index is 13.9. The number of ether oxygens (including phenoxy) is 2. The standard InChI is InChI=1S/C25H26ClFN4O4S/c1-34-10-11-35-16-25-15-31(36(32,33)20-6-7-23(26)28-13-20)9-8-18(25)12-22-21(14-29-30-22)24(25)17-2-4-19(27)5-3-17/h2-7,12-14,24H,8-11,15-16H2,1H3,(H,29,30)/t24?,25-/m0/s1. The number of aromatic amines is 1. The number of sulfonamides is 1. The molecule has 1 fully saturated rings. The smallest absolute Gasteiger partial charge is 0.244 e. The van der Waals surface area contributed by atoms with Crippen LogP contribution in [0.4, 0.5) is 4.39 Å². The number of benzene rings is 1. The highest BCUT2D eigenvalue weighted by atomic mass is 35.5. The molecule has 1 N–H and O–H groups in total. The van der Waals surface area contributed by atoms with Crippen molar-refractivity contribution in [1.29, 1.82) is 0 Å². The summed E-state index contributed by atoms with van der Waals surface area (Å²) in [4.78, 5) is 4.04. The van der Waals surface area contributed by atoms with E-state index < -0.39 is 15.4 Å². The van der Waals surface area contributed by atoms with Gasteiger partial charge in [-0.1, -0.05) is 29.3 Å². The molecule has 0 radical (unpaired) electrons. The number of halogens is 2. The molecule has 8 nitrogen and oxygen atoms in total. The van der Waals surface area contributed by atoms with E-state index in [4.69, 9.17) is 21.1 Å². The van der Waals surface area contributed by atoms with E-state index in [9.17, 15) is 12.8 Å². The zero-order valence-corrected chi connectivity index (χ0v) is 21.2. The SMILES string of the molecule is COCCOC[C@@]12CN(S(=O)(=O)c3ccc(Cl)nc3)CCC1=Cc1[nH]ncc1C2c1ccc(F)cc1. The maximum Gasteiger partial charge on any atom is 0.244 e. The summed E-state index contributed by atoms with van der Waals surface area (Å²) in [6, 6.07) is 9.25. The summed E-state index contributed by atoms with van der Waals surface area (Å²) in [7, 11) is -2.26. The molecular formula is C25H26ClFN4O4S. The van der Waals surface area contributed by atoms with Crippen LogP contribution < -0.4 is 0 Å². The van der Waals surface area contributed by atoms with Crippen LogP contribution in [0.1, 0.15) is 29.2 Å². The first kappa shape index (κ1) is 25.0. The number of fused-ring (bicyclic) bond motifs is 2. The van der Waals surface area contributed by atoms with E-state index in [1.54, 1.807) is 25.4 Å². The normalized spacial score (nSPS) is 22.1. The fourth-order valence-electron chi connectivity index (χ4n) is 5.25. The lowest BCUT2D eigenvalue weighted by Gasteiger charge is -2.50. The molecule has 11 heteroatoms. The molecule has 36 heavy (non-hydrogen) atoms. The van der Waals surface area contributed by atoms with Crippen LogP contribution in [-0.4, -0.2) is 67.9 Å². The molecule has 1 saturated heterocycles. The number of rotatable bonds is 8. The molecule has 1 unspecified atom stereocenters. The largest absolute Gasteiger partial charge is 0.382 e. The Bertz CT molecular complexity index is 1360. The van der Waals surface area contributed by atoms with Crippen molar-refractivity contribution in [3.05, 3.63) is 82.2 Å². The summed E-state index contributed by atoms with van der Waals surface area (Å²) in [5.41, 5.74) is 2.95. The van der Waals surface area contributed by atoms with Gasteiger partial charge in [-0.05, 0) is 42.3 Å². The Kier molecular flexibility index (Phi) is 6.97. The first-order valence-electron chi connectivity index (χ1n) is 11.5. The van der Waals surface area contributed by atoms with Crippen molar-refractivity contribution in [1.82, 2.24) is 19.5 Å². The highest BCUT2D eigenvalue weighted by Gasteiger charge is 2.52. The van der Waals surface area contributed by atoms with Crippen LogP contribution in [0.25, 0.3) is 6.08 Å². The molecule has 2 aromatic heterocycles. The summed E-state index contributed by atoms with van der Waals surface area (Å²) in [5, 5.41) is 7.54. The van der Waals surface area contributed by atoms with E-state index >= 15 is 0 Å². The Morgan fingerprint density at radius 1 is 1.19 bits per heavy atom. The predicted molar refractivity (Wildman–Crippen MR) is 133 cm³/mol. The third kappa shape index (κ3) is 4.48. The number of nitrogens with one attached hydrogen (secondary N) is 1. The van der Waals surface area contributed by atoms with Gasteiger partial charge < -0.3 is 9.47 Å². The lowest BCUT2D eigenvalue weighted by atomic mass is 9.60. The van der Waals surface area contributed by atoms with Crippen LogP contribution in [0, 0.1) is 11.2 Å². The number of hydrogen-bond acceptors (Lipinski definition) is 6. The van der Waals surface area contributed by atoms with E-state index in [-0.39, 0.29) is 34.9 Å².